The van der Waals surface area contributed by atoms with E-state index in [0.717, 1.165) is 12.0 Å². The Kier molecular flexibility index (Phi) is 4.97. The summed E-state index contributed by atoms with van der Waals surface area (Å²) in [6.07, 6.45) is 1.41. The van der Waals surface area contributed by atoms with Gasteiger partial charge in [-0.3, -0.25) is 4.79 Å². The summed E-state index contributed by atoms with van der Waals surface area (Å²) in [6, 6.07) is 5.53. The lowest BCUT2D eigenvalue weighted by Gasteiger charge is -2.12. The number of carbonyl (C=O) groups is 1. The van der Waals surface area contributed by atoms with Crippen LogP contribution in [0.1, 0.15) is 48.5 Å². The minimum absolute atomic E-state index is 0.0556. The molecule has 0 aliphatic rings. The lowest BCUT2D eigenvalue weighted by Crippen LogP contribution is -2.08. The van der Waals surface area contributed by atoms with E-state index in [1.807, 2.05) is 12.1 Å². The molecule has 1 rings (SSSR count). The van der Waals surface area contributed by atoms with E-state index in [1.54, 1.807) is 6.07 Å². The summed E-state index contributed by atoms with van der Waals surface area (Å²) in [5, 5.41) is 0.678. The third kappa shape index (κ3) is 3.06. The van der Waals surface area contributed by atoms with Crippen molar-refractivity contribution >= 4 is 17.4 Å². The summed E-state index contributed by atoms with van der Waals surface area (Å²) in [6.45, 7) is 4.63. The summed E-state index contributed by atoms with van der Waals surface area (Å²) in [5.74, 6) is 0.478. The molecule has 1 atom stereocenters. The van der Waals surface area contributed by atoms with Gasteiger partial charge in [0.2, 0.25) is 0 Å². The van der Waals surface area contributed by atoms with Crippen molar-refractivity contribution in [1.82, 2.24) is 0 Å². The largest absolute Gasteiger partial charge is 0.330 e. The fraction of sp³-hybridized carbons (Fsp3) is 0.462. The minimum atomic E-state index is 0.0556. The number of benzene rings is 1. The molecule has 0 saturated heterocycles. The van der Waals surface area contributed by atoms with Crippen molar-refractivity contribution in [3.63, 3.8) is 0 Å². The van der Waals surface area contributed by atoms with Gasteiger partial charge in [0.05, 0.1) is 0 Å². The maximum absolute atomic E-state index is 11.6. The van der Waals surface area contributed by atoms with Gasteiger partial charge in [-0.25, -0.2) is 0 Å². The van der Waals surface area contributed by atoms with Gasteiger partial charge in [-0.05, 0) is 30.5 Å². The van der Waals surface area contributed by atoms with Gasteiger partial charge in [0, 0.05) is 17.0 Å². The molecule has 0 aliphatic carbocycles. The predicted molar refractivity (Wildman–Crippen MR) is 68.2 cm³/mol. The second-order valence-electron chi connectivity index (χ2n) is 4.01. The number of rotatable bonds is 5. The highest BCUT2D eigenvalue weighted by molar-refractivity contribution is 6.31. The summed E-state index contributed by atoms with van der Waals surface area (Å²) in [5.41, 5.74) is 7.11. The van der Waals surface area contributed by atoms with Gasteiger partial charge >= 0.3 is 0 Å². The van der Waals surface area contributed by atoms with Crippen molar-refractivity contribution in [1.29, 1.82) is 0 Å². The van der Waals surface area contributed by atoms with E-state index in [0.29, 0.717) is 29.5 Å². The summed E-state index contributed by atoms with van der Waals surface area (Å²) >= 11 is 6.16. The molecule has 1 unspecified atom stereocenters. The van der Waals surface area contributed by atoms with Crippen molar-refractivity contribution in [2.75, 3.05) is 6.54 Å². The van der Waals surface area contributed by atoms with Gasteiger partial charge in [0.15, 0.2) is 5.78 Å². The van der Waals surface area contributed by atoms with E-state index in [-0.39, 0.29) is 5.78 Å². The predicted octanol–water partition coefficient (Wildman–Crippen LogP) is 3.39. The fourth-order valence-corrected chi connectivity index (χ4v) is 1.96. The van der Waals surface area contributed by atoms with Crippen LogP contribution in [-0.2, 0) is 0 Å². The lowest BCUT2D eigenvalue weighted by atomic mass is 9.96. The SMILES string of the molecule is CCC(C)c1ccc(C(=O)CCN)cc1Cl. The van der Waals surface area contributed by atoms with Gasteiger partial charge in [0.1, 0.15) is 0 Å². The molecule has 3 heteroatoms. The maximum Gasteiger partial charge on any atom is 0.164 e. The monoisotopic (exact) mass is 239 g/mol. The summed E-state index contributed by atoms with van der Waals surface area (Å²) in [7, 11) is 0. The van der Waals surface area contributed by atoms with Crippen molar-refractivity contribution in [3.05, 3.63) is 34.3 Å². The van der Waals surface area contributed by atoms with Gasteiger partial charge < -0.3 is 5.73 Å². The van der Waals surface area contributed by atoms with Crippen LogP contribution in [0.2, 0.25) is 5.02 Å². The second kappa shape index (κ2) is 6.02. The van der Waals surface area contributed by atoms with E-state index < -0.39 is 0 Å². The second-order valence-corrected chi connectivity index (χ2v) is 4.41. The number of hydrogen-bond donors (Lipinski definition) is 1. The molecule has 0 fully saturated rings. The van der Waals surface area contributed by atoms with Gasteiger partial charge in [-0.2, -0.15) is 0 Å². The molecule has 0 aromatic heterocycles. The first-order valence-electron chi connectivity index (χ1n) is 5.62. The minimum Gasteiger partial charge on any atom is -0.330 e. The quantitative estimate of drug-likeness (QED) is 0.801. The third-order valence-corrected chi connectivity index (χ3v) is 3.16. The van der Waals surface area contributed by atoms with Crippen LogP contribution in [-0.4, -0.2) is 12.3 Å². The first-order valence-corrected chi connectivity index (χ1v) is 6.00. The zero-order valence-electron chi connectivity index (χ0n) is 9.79. The van der Waals surface area contributed by atoms with E-state index >= 15 is 0 Å². The highest BCUT2D eigenvalue weighted by atomic mass is 35.5. The highest BCUT2D eigenvalue weighted by Crippen LogP contribution is 2.27. The van der Waals surface area contributed by atoms with Gasteiger partial charge in [0.25, 0.3) is 0 Å². The molecule has 1 aromatic carbocycles. The molecule has 0 bridgehead atoms. The Labute approximate surface area is 102 Å². The molecule has 16 heavy (non-hydrogen) atoms. The normalized spacial score (nSPS) is 12.5. The van der Waals surface area contributed by atoms with Crippen molar-refractivity contribution in [2.24, 2.45) is 5.73 Å². The van der Waals surface area contributed by atoms with E-state index in [4.69, 9.17) is 17.3 Å². The Morgan fingerprint density at radius 1 is 1.50 bits per heavy atom. The molecule has 2 N–H and O–H groups in total. The number of nitrogens with two attached hydrogens (primary N) is 1. The molecule has 1 aromatic rings. The number of halogens is 1. The molecule has 0 heterocycles. The standard InChI is InChI=1S/C13H18ClNO/c1-3-9(2)11-5-4-10(8-12(11)14)13(16)6-7-15/h4-5,8-9H,3,6-7,15H2,1-2H3. The Morgan fingerprint density at radius 2 is 2.19 bits per heavy atom. The molecule has 2 nitrogen and oxygen atoms in total. The van der Waals surface area contributed by atoms with Crippen LogP contribution in [0.15, 0.2) is 18.2 Å². The molecular weight excluding hydrogens is 222 g/mol. The van der Waals surface area contributed by atoms with E-state index in [9.17, 15) is 4.79 Å². The molecule has 88 valence electrons. The van der Waals surface area contributed by atoms with Gasteiger partial charge in [-0.15, -0.1) is 0 Å². The molecule has 0 spiro atoms. The van der Waals surface area contributed by atoms with Crippen LogP contribution in [0.25, 0.3) is 0 Å². The molecule has 0 saturated carbocycles. The number of carbonyl (C=O) groups excluding carboxylic acids is 1. The Balaban J connectivity index is 2.95. The van der Waals surface area contributed by atoms with Crippen molar-refractivity contribution < 1.29 is 4.79 Å². The van der Waals surface area contributed by atoms with Crippen LogP contribution in [0, 0.1) is 0 Å². The first kappa shape index (κ1) is 13.2. The first-order chi connectivity index (χ1) is 7.60. The average molecular weight is 240 g/mol. The smallest absolute Gasteiger partial charge is 0.164 e. The lowest BCUT2D eigenvalue weighted by molar-refractivity contribution is 0.0985. The van der Waals surface area contributed by atoms with Crippen LogP contribution >= 0.6 is 11.6 Å². The molecule has 0 radical (unpaired) electrons. The fourth-order valence-electron chi connectivity index (χ4n) is 1.60. The average Bonchev–Trinajstić information content (AvgIpc) is 2.28. The van der Waals surface area contributed by atoms with Crippen LogP contribution < -0.4 is 5.73 Å². The van der Waals surface area contributed by atoms with Gasteiger partial charge in [-0.1, -0.05) is 37.6 Å². The Hall–Kier alpha value is -0.860. The summed E-state index contributed by atoms with van der Waals surface area (Å²) < 4.78 is 0. The van der Waals surface area contributed by atoms with Crippen molar-refractivity contribution in [2.45, 2.75) is 32.6 Å². The summed E-state index contributed by atoms with van der Waals surface area (Å²) in [4.78, 5) is 11.6. The molecular formula is C13H18ClNO. The van der Waals surface area contributed by atoms with E-state index in [1.165, 1.54) is 0 Å². The molecule has 0 amide bonds. The Bertz CT molecular complexity index is 376. The molecule has 0 aliphatic heterocycles. The maximum atomic E-state index is 11.6. The Morgan fingerprint density at radius 3 is 2.69 bits per heavy atom. The van der Waals surface area contributed by atoms with Crippen LogP contribution in [0.3, 0.4) is 0 Å². The number of ketones is 1. The zero-order valence-corrected chi connectivity index (χ0v) is 10.6. The van der Waals surface area contributed by atoms with Crippen LogP contribution in [0.4, 0.5) is 0 Å². The third-order valence-electron chi connectivity index (χ3n) is 2.84. The zero-order chi connectivity index (χ0) is 12.1. The van der Waals surface area contributed by atoms with Crippen LogP contribution in [0.5, 0.6) is 0 Å². The highest BCUT2D eigenvalue weighted by Gasteiger charge is 2.11. The topological polar surface area (TPSA) is 43.1 Å². The van der Waals surface area contributed by atoms with E-state index in [2.05, 4.69) is 13.8 Å². The number of hydrogen-bond acceptors (Lipinski definition) is 2. The van der Waals surface area contributed by atoms with Crippen molar-refractivity contribution in [3.8, 4) is 0 Å². The number of Topliss-reactive ketones (excluding diaryl/α,β-unsaturated/α-hetero) is 1.